The first-order valence-electron chi connectivity index (χ1n) is 8.81. The molecular weight excluding hydrogens is 296 g/mol. The quantitative estimate of drug-likeness (QED) is 0.884. The minimum Gasteiger partial charge on any atom is -0.325 e. The van der Waals surface area contributed by atoms with E-state index >= 15 is 0 Å². The van der Waals surface area contributed by atoms with Gasteiger partial charge >= 0.3 is 0 Å². The van der Waals surface area contributed by atoms with Crippen molar-refractivity contribution >= 4 is 11.6 Å². The molecule has 0 aromatic heterocycles. The number of likely N-dealkylation sites (tertiary alicyclic amines) is 1. The third-order valence-electron chi connectivity index (χ3n) is 4.90. The van der Waals surface area contributed by atoms with Crippen LogP contribution in [0.1, 0.15) is 26.7 Å². The number of hydrogen-bond acceptors (Lipinski definition) is 2. The van der Waals surface area contributed by atoms with Crippen molar-refractivity contribution < 1.29 is 4.79 Å². The summed E-state index contributed by atoms with van der Waals surface area (Å²) in [7, 11) is 0. The summed E-state index contributed by atoms with van der Waals surface area (Å²) < 4.78 is 0. The van der Waals surface area contributed by atoms with Crippen LogP contribution in [0, 0.1) is 5.41 Å². The van der Waals surface area contributed by atoms with E-state index in [9.17, 15) is 4.79 Å². The maximum absolute atomic E-state index is 12.9. The number of nitrogens with one attached hydrogen (secondary N) is 1. The lowest BCUT2D eigenvalue weighted by molar-refractivity contribution is -0.124. The van der Waals surface area contributed by atoms with Crippen LogP contribution in [-0.4, -0.2) is 30.4 Å². The first-order chi connectivity index (χ1) is 11.6. The van der Waals surface area contributed by atoms with E-state index in [4.69, 9.17) is 0 Å². The van der Waals surface area contributed by atoms with Crippen molar-refractivity contribution in [1.29, 1.82) is 0 Å². The van der Waals surface area contributed by atoms with Gasteiger partial charge in [0.15, 0.2) is 0 Å². The molecule has 1 unspecified atom stereocenters. The monoisotopic (exact) mass is 322 g/mol. The molecule has 3 nitrogen and oxygen atoms in total. The maximum Gasteiger partial charge on any atom is 0.231 e. The number of benzene rings is 2. The lowest BCUT2D eigenvalue weighted by atomic mass is 9.88. The van der Waals surface area contributed by atoms with Crippen LogP contribution in [-0.2, 0) is 4.79 Å². The Balaban J connectivity index is 1.78. The second-order valence-corrected chi connectivity index (χ2v) is 6.95. The molecule has 0 aliphatic carbocycles. The minimum atomic E-state index is -0.307. The number of nitrogens with zero attached hydrogens (tertiary/aromatic N) is 1. The zero-order chi connectivity index (χ0) is 17.0. The van der Waals surface area contributed by atoms with Crippen molar-refractivity contribution in [3.8, 4) is 11.1 Å². The fourth-order valence-corrected chi connectivity index (χ4v) is 3.48. The molecule has 24 heavy (non-hydrogen) atoms. The molecule has 1 heterocycles. The molecule has 0 spiro atoms. The Morgan fingerprint density at radius 1 is 1.12 bits per heavy atom. The van der Waals surface area contributed by atoms with Gasteiger partial charge in [-0.25, -0.2) is 0 Å². The van der Waals surface area contributed by atoms with Crippen LogP contribution < -0.4 is 5.32 Å². The van der Waals surface area contributed by atoms with E-state index in [0.717, 1.165) is 49.3 Å². The van der Waals surface area contributed by atoms with Gasteiger partial charge in [-0.05, 0) is 44.5 Å². The molecule has 0 bridgehead atoms. The van der Waals surface area contributed by atoms with Gasteiger partial charge in [0, 0.05) is 17.8 Å². The van der Waals surface area contributed by atoms with Gasteiger partial charge in [0.25, 0.3) is 0 Å². The zero-order valence-electron chi connectivity index (χ0n) is 14.6. The summed E-state index contributed by atoms with van der Waals surface area (Å²) in [6, 6.07) is 18.2. The summed E-state index contributed by atoms with van der Waals surface area (Å²) in [6.07, 6.45) is 2.06. The van der Waals surface area contributed by atoms with E-state index in [2.05, 4.69) is 42.3 Å². The summed E-state index contributed by atoms with van der Waals surface area (Å²) >= 11 is 0. The molecule has 2 aromatic rings. The van der Waals surface area contributed by atoms with Gasteiger partial charge < -0.3 is 10.2 Å². The van der Waals surface area contributed by atoms with Gasteiger partial charge in [0.2, 0.25) is 5.91 Å². The number of carbonyl (C=O) groups excluding carboxylic acids is 1. The van der Waals surface area contributed by atoms with Gasteiger partial charge in [0.1, 0.15) is 0 Å². The van der Waals surface area contributed by atoms with E-state index in [1.165, 1.54) is 0 Å². The van der Waals surface area contributed by atoms with Gasteiger partial charge in [-0.3, -0.25) is 4.79 Å². The van der Waals surface area contributed by atoms with Crippen LogP contribution in [0.15, 0.2) is 54.6 Å². The largest absolute Gasteiger partial charge is 0.325 e. The summed E-state index contributed by atoms with van der Waals surface area (Å²) in [4.78, 5) is 15.3. The summed E-state index contributed by atoms with van der Waals surface area (Å²) in [5.41, 5.74) is 2.78. The standard InChI is InChI=1S/C21H26N2O/c1-3-14-23-15-13-21(2,16-23)20(24)22-19-12-8-7-11-18(19)17-9-5-4-6-10-17/h4-12H,3,13-16H2,1-2H3,(H,22,24). The van der Waals surface area contributed by atoms with Crippen molar-refractivity contribution in [3.05, 3.63) is 54.6 Å². The van der Waals surface area contributed by atoms with Gasteiger partial charge in [-0.2, -0.15) is 0 Å². The highest BCUT2D eigenvalue weighted by atomic mass is 16.2. The number of amides is 1. The topological polar surface area (TPSA) is 32.3 Å². The van der Waals surface area contributed by atoms with Crippen LogP contribution in [0.4, 0.5) is 5.69 Å². The number of hydrogen-bond donors (Lipinski definition) is 1. The van der Waals surface area contributed by atoms with Crippen molar-refractivity contribution in [1.82, 2.24) is 4.90 Å². The molecule has 1 N–H and O–H groups in total. The molecule has 1 fully saturated rings. The van der Waals surface area contributed by atoms with Crippen LogP contribution in [0.25, 0.3) is 11.1 Å². The molecule has 1 atom stereocenters. The predicted molar refractivity (Wildman–Crippen MR) is 100.0 cm³/mol. The Bertz CT molecular complexity index is 698. The molecule has 2 aromatic carbocycles. The molecular formula is C21H26N2O. The van der Waals surface area contributed by atoms with Crippen molar-refractivity contribution in [2.24, 2.45) is 5.41 Å². The molecule has 3 heteroatoms. The molecule has 1 saturated heterocycles. The average molecular weight is 322 g/mol. The lowest BCUT2D eigenvalue weighted by Gasteiger charge is -2.24. The Hall–Kier alpha value is -2.13. The fourth-order valence-electron chi connectivity index (χ4n) is 3.48. The van der Waals surface area contributed by atoms with Gasteiger partial charge in [-0.15, -0.1) is 0 Å². The number of rotatable bonds is 5. The highest BCUT2D eigenvalue weighted by Gasteiger charge is 2.40. The predicted octanol–water partition coefficient (Wildman–Crippen LogP) is 4.41. The van der Waals surface area contributed by atoms with Crippen LogP contribution in [0.2, 0.25) is 0 Å². The van der Waals surface area contributed by atoms with E-state index in [1.807, 2.05) is 36.4 Å². The maximum atomic E-state index is 12.9. The van der Waals surface area contributed by atoms with Gasteiger partial charge in [-0.1, -0.05) is 55.5 Å². The van der Waals surface area contributed by atoms with E-state index < -0.39 is 0 Å². The van der Waals surface area contributed by atoms with E-state index in [1.54, 1.807) is 0 Å². The highest BCUT2D eigenvalue weighted by Crippen LogP contribution is 2.33. The van der Waals surface area contributed by atoms with Crippen molar-refractivity contribution in [3.63, 3.8) is 0 Å². The summed E-state index contributed by atoms with van der Waals surface area (Å²) in [5, 5.41) is 3.19. The van der Waals surface area contributed by atoms with Crippen molar-refractivity contribution in [2.45, 2.75) is 26.7 Å². The molecule has 3 rings (SSSR count). The number of para-hydroxylation sites is 1. The third-order valence-corrected chi connectivity index (χ3v) is 4.90. The van der Waals surface area contributed by atoms with E-state index in [0.29, 0.717) is 0 Å². The lowest BCUT2D eigenvalue weighted by Crippen LogP contribution is -2.36. The smallest absolute Gasteiger partial charge is 0.231 e. The van der Waals surface area contributed by atoms with Crippen LogP contribution in [0.3, 0.4) is 0 Å². The molecule has 1 amide bonds. The molecule has 0 radical (unpaired) electrons. The molecule has 126 valence electrons. The summed E-state index contributed by atoms with van der Waals surface area (Å²) in [5.74, 6) is 0.129. The number of carbonyl (C=O) groups is 1. The van der Waals surface area contributed by atoms with Crippen molar-refractivity contribution in [2.75, 3.05) is 25.0 Å². The Morgan fingerprint density at radius 3 is 2.58 bits per heavy atom. The molecule has 0 saturated carbocycles. The molecule has 1 aliphatic rings. The molecule has 1 aliphatic heterocycles. The second kappa shape index (κ2) is 7.18. The first-order valence-corrected chi connectivity index (χ1v) is 8.81. The van der Waals surface area contributed by atoms with E-state index in [-0.39, 0.29) is 11.3 Å². The minimum absolute atomic E-state index is 0.129. The van der Waals surface area contributed by atoms with Gasteiger partial charge in [0.05, 0.1) is 5.41 Å². The fraction of sp³-hybridized carbons (Fsp3) is 0.381. The average Bonchev–Trinajstić information content (AvgIpc) is 2.99. The van der Waals surface area contributed by atoms with Crippen LogP contribution in [0.5, 0.6) is 0 Å². The Morgan fingerprint density at radius 2 is 1.83 bits per heavy atom. The SMILES string of the molecule is CCCN1CCC(C)(C(=O)Nc2ccccc2-c2ccccc2)C1. The second-order valence-electron chi connectivity index (χ2n) is 6.95. The Labute approximate surface area is 144 Å². The zero-order valence-corrected chi connectivity index (χ0v) is 14.6. The normalized spacial score (nSPS) is 20.9. The summed E-state index contributed by atoms with van der Waals surface area (Å²) in [6.45, 7) is 7.21. The highest BCUT2D eigenvalue weighted by molar-refractivity contribution is 5.99. The van der Waals surface area contributed by atoms with Crippen LogP contribution >= 0.6 is 0 Å². The Kier molecular flexibility index (Phi) is 5.00. The number of anilines is 1. The first kappa shape index (κ1) is 16.7. The third kappa shape index (κ3) is 3.51.